The smallest absolute Gasteiger partial charge is 0.410 e. The number of nitro benzene ring substituents is 1. The molecule has 9 nitrogen and oxygen atoms in total. The monoisotopic (exact) mass is 408 g/mol. The minimum atomic E-state index is -0.493. The number of ether oxygens (including phenoxy) is 1. The maximum Gasteiger partial charge on any atom is 0.410 e. The molecule has 1 N–H and O–H groups in total. The van der Waals surface area contributed by atoms with Gasteiger partial charge in [0.1, 0.15) is 6.61 Å². The van der Waals surface area contributed by atoms with Gasteiger partial charge in [-0.2, -0.15) is 0 Å². The quantitative estimate of drug-likeness (QED) is 0.475. The first-order chi connectivity index (χ1) is 14.5. The van der Waals surface area contributed by atoms with Crippen LogP contribution in [0.4, 0.5) is 16.2 Å². The Kier molecular flexibility index (Phi) is 5.09. The number of carbonyl (C=O) groups excluding carboxylic acids is 2. The van der Waals surface area contributed by atoms with Gasteiger partial charge in [-0.1, -0.05) is 30.3 Å². The van der Waals surface area contributed by atoms with E-state index in [1.54, 1.807) is 13.1 Å². The van der Waals surface area contributed by atoms with Crippen molar-refractivity contribution >= 4 is 28.9 Å². The molecule has 0 aromatic heterocycles. The molecule has 1 fully saturated rings. The van der Waals surface area contributed by atoms with Crippen molar-refractivity contribution in [3.63, 3.8) is 0 Å². The Balaban J connectivity index is 1.58. The zero-order chi connectivity index (χ0) is 21.3. The van der Waals surface area contributed by atoms with Gasteiger partial charge in [0, 0.05) is 43.5 Å². The molecule has 9 heteroatoms. The predicted molar refractivity (Wildman–Crippen MR) is 110 cm³/mol. The maximum atomic E-state index is 12.9. The van der Waals surface area contributed by atoms with Gasteiger partial charge in [0.05, 0.1) is 22.7 Å². The summed E-state index contributed by atoms with van der Waals surface area (Å²) in [4.78, 5) is 39.1. The molecule has 1 saturated heterocycles. The molecule has 30 heavy (non-hydrogen) atoms. The third kappa shape index (κ3) is 3.57. The molecule has 0 saturated carbocycles. The lowest BCUT2D eigenvalue weighted by Gasteiger charge is -2.30. The number of fused-ring (bicyclic) bond motifs is 1. The number of nitro groups is 1. The number of rotatable bonds is 3. The molecule has 0 spiro atoms. The van der Waals surface area contributed by atoms with Crippen LogP contribution in [-0.2, 0) is 16.1 Å². The number of hydrogen-bond acceptors (Lipinski definition) is 6. The summed E-state index contributed by atoms with van der Waals surface area (Å²) in [5, 5.41) is 14.4. The van der Waals surface area contributed by atoms with Crippen molar-refractivity contribution in [2.45, 2.75) is 6.61 Å². The topological polar surface area (TPSA) is 105 Å². The largest absolute Gasteiger partial charge is 0.445 e. The van der Waals surface area contributed by atoms with Crippen molar-refractivity contribution in [3.05, 3.63) is 75.5 Å². The Labute approximate surface area is 172 Å². The van der Waals surface area contributed by atoms with Gasteiger partial charge in [0.15, 0.2) is 0 Å². The molecule has 2 aromatic carbocycles. The van der Waals surface area contributed by atoms with Gasteiger partial charge in [-0.05, 0) is 11.6 Å². The highest BCUT2D eigenvalue weighted by atomic mass is 16.6. The fourth-order valence-corrected chi connectivity index (χ4v) is 3.62. The first kappa shape index (κ1) is 19.4. The van der Waals surface area contributed by atoms with Crippen LogP contribution in [0, 0.1) is 10.1 Å². The van der Waals surface area contributed by atoms with E-state index in [1.807, 2.05) is 30.3 Å². The minimum absolute atomic E-state index is 0.0927. The molecule has 2 aromatic rings. The highest BCUT2D eigenvalue weighted by Gasteiger charge is 2.35. The van der Waals surface area contributed by atoms with Crippen LogP contribution in [0.2, 0.25) is 0 Å². The number of piperazine rings is 1. The first-order valence-electron chi connectivity index (χ1n) is 9.45. The summed E-state index contributed by atoms with van der Waals surface area (Å²) in [5.74, 6) is -0.271. The molecule has 4 rings (SSSR count). The maximum absolute atomic E-state index is 12.9. The Bertz CT molecular complexity index is 1050. The summed E-state index contributed by atoms with van der Waals surface area (Å²) in [6.45, 7) is 1.19. The number of likely N-dealkylation sites (N-methyl/N-ethyl adjacent to an activating group) is 1. The first-order valence-corrected chi connectivity index (χ1v) is 9.45. The van der Waals surface area contributed by atoms with Gasteiger partial charge in [0.2, 0.25) is 0 Å². The summed E-state index contributed by atoms with van der Waals surface area (Å²) in [5.41, 5.74) is 2.77. The Morgan fingerprint density at radius 2 is 2.00 bits per heavy atom. The zero-order valence-electron chi connectivity index (χ0n) is 16.3. The molecule has 0 radical (unpaired) electrons. The molecule has 2 amide bonds. The molecule has 154 valence electrons. The van der Waals surface area contributed by atoms with E-state index in [0.29, 0.717) is 35.6 Å². The van der Waals surface area contributed by atoms with Crippen molar-refractivity contribution in [3.8, 4) is 0 Å². The van der Waals surface area contributed by atoms with E-state index >= 15 is 0 Å². The number of benzene rings is 2. The van der Waals surface area contributed by atoms with Crippen molar-refractivity contribution in [2.75, 3.05) is 31.6 Å². The minimum Gasteiger partial charge on any atom is -0.445 e. The number of anilines is 1. The fraction of sp³-hybridized carbons (Fsp3) is 0.238. The molecule has 0 aliphatic carbocycles. The van der Waals surface area contributed by atoms with Crippen molar-refractivity contribution in [1.82, 2.24) is 10.2 Å². The molecular formula is C21H20N4O5. The number of amides is 2. The zero-order valence-corrected chi connectivity index (χ0v) is 16.3. The van der Waals surface area contributed by atoms with Crippen LogP contribution in [0.3, 0.4) is 0 Å². The van der Waals surface area contributed by atoms with Crippen LogP contribution < -0.4 is 10.2 Å². The SMILES string of the molecule is CN1C(=O)/C(=C2/CN(C(=O)OCc3ccccc3)CCN2)c2cc([N+](=O)[O-])ccc21. The average molecular weight is 408 g/mol. The van der Waals surface area contributed by atoms with Crippen LogP contribution in [0.15, 0.2) is 54.2 Å². The third-order valence-electron chi connectivity index (χ3n) is 5.17. The second kappa shape index (κ2) is 7.86. The van der Waals surface area contributed by atoms with Crippen LogP contribution >= 0.6 is 0 Å². The van der Waals surface area contributed by atoms with Gasteiger partial charge in [0.25, 0.3) is 11.6 Å². The number of non-ortho nitro benzene ring substituents is 1. The van der Waals surface area contributed by atoms with Crippen LogP contribution in [-0.4, -0.2) is 48.5 Å². The van der Waals surface area contributed by atoms with E-state index in [0.717, 1.165) is 5.56 Å². The molecule has 0 atom stereocenters. The number of carbonyl (C=O) groups is 2. The van der Waals surface area contributed by atoms with Crippen molar-refractivity contribution in [1.29, 1.82) is 0 Å². The van der Waals surface area contributed by atoms with Crippen molar-refractivity contribution < 1.29 is 19.2 Å². The van der Waals surface area contributed by atoms with Crippen molar-refractivity contribution in [2.24, 2.45) is 0 Å². The summed E-state index contributed by atoms with van der Waals surface area (Å²) in [7, 11) is 1.62. The molecular weight excluding hydrogens is 388 g/mol. The number of nitrogens with one attached hydrogen (secondary N) is 1. The number of nitrogens with zero attached hydrogens (tertiary/aromatic N) is 3. The summed E-state index contributed by atoms with van der Waals surface area (Å²) >= 11 is 0. The lowest BCUT2D eigenvalue weighted by molar-refractivity contribution is -0.384. The second-order valence-electron chi connectivity index (χ2n) is 7.06. The standard InChI is InChI=1S/C21H20N4O5/c1-23-18-8-7-15(25(28)29)11-16(18)19(20(23)26)17-12-24(10-9-22-17)21(27)30-13-14-5-3-2-4-6-14/h2-8,11,22H,9-10,12-13H2,1H3/b19-17-. The third-order valence-corrected chi connectivity index (χ3v) is 5.17. The summed E-state index contributed by atoms with van der Waals surface area (Å²) < 4.78 is 5.40. The summed E-state index contributed by atoms with van der Waals surface area (Å²) in [6.07, 6.45) is -0.475. The Morgan fingerprint density at radius 3 is 2.73 bits per heavy atom. The van der Waals surface area contributed by atoms with Gasteiger partial charge in [-0.25, -0.2) is 4.79 Å². The van der Waals surface area contributed by atoms with E-state index in [9.17, 15) is 19.7 Å². The normalized spacial score (nSPS) is 18.1. The Morgan fingerprint density at radius 1 is 1.23 bits per heavy atom. The number of hydrogen-bond donors (Lipinski definition) is 1. The van der Waals surface area contributed by atoms with Gasteiger partial charge in [-0.3, -0.25) is 14.9 Å². The highest BCUT2D eigenvalue weighted by Crippen LogP contribution is 2.39. The van der Waals surface area contributed by atoms with Crippen LogP contribution in [0.5, 0.6) is 0 Å². The van der Waals surface area contributed by atoms with E-state index < -0.39 is 11.0 Å². The molecule has 0 unspecified atom stereocenters. The van der Waals surface area contributed by atoms with E-state index in [1.165, 1.54) is 21.9 Å². The molecule has 0 bridgehead atoms. The van der Waals surface area contributed by atoms with Gasteiger partial charge < -0.3 is 19.9 Å². The van der Waals surface area contributed by atoms with E-state index in [4.69, 9.17) is 4.74 Å². The van der Waals surface area contributed by atoms with E-state index in [2.05, 4.69) is 5.32 Å². The van der Waals surface area contributed by atoms with Crippen LogP contribution in [0.1, 0.15) is 11.1 Å². The Hall–Kier alpha value is -3.88. The van der Waals surface area contributed by atoms with Gasteiger partial charge >= 0.3 is 6.09 Å². The predicted octanol–water partition coefficient (Wildman–Crippen LogP) is 2.52. The second-order valence-corrected chi connectivity index (χ2v) is 7.06. The lowest BCUT2D eigenvalue weighted by atomic mass is 10.0. The van der Waals surface area contributed by atoms with Crippen LogP contribution in [0.25, 0.3) is 5.57 Å². The fourth-order valence-electron chi connectivity index (χ4n) is 3.62. The van der Waals surface area contributed by atoms with Gasteiger partial charge in [-0.15, -0.1) is 0 Å². The average Bonchev–Trinajstić information content (AvgIpc) is 3.02. The highest BCUT2D eigenvalue weighted by molar-refractivity contribution is 6.33. The molecule has 2 aliphatic rings. The molecule has 2 aliphatic heterocycles. The lowest BCUT2D eigenvalue weighted by Crippen LogP contribution is -2.46. The summed E-state index contributed by atoms with van der Waals surface area (Å²) in [6, 6.07) is 13.7. The molecule has 2 heterocycles. The van der Waals surface area contributed by atoms with E-state index in [-0.39, 0.29) is 24.7 Å².